The molecular formula is C21H26N2O7. The smallest absolute Gasteiger partial charge is 0.340 e. The molecule has 0 bridgehead atoms. The molecule has 2 aromatic rings. The zero-order valence-electron chi connectivity index (χ0n) is 17.5. The summed E-state index contributed by atoms with van der Waals surface area (Å²) in [4.78, 5) is 40.7. The number of nitrogens with one attached hydrogen (secondary N) is 2. The van der Waals surface area contributed by atoms with Crippen LogP contribution in [-0.4, -0.2) is 61.7 Å². The number of H-pyrrole nitrogens is 1. The van der Waals surface area contributed by atoms with Gasteiger partial charge >= 0.3 is 5.97 Å². The maximum absolute atomic E-state index is 12.9. The third kappa shape index (κ3) is 4.80. The van der Waals surface area contributed by atoms with Gasteiger partial charge in [0.05, 0.1) is 26.4 Å². The quantitative estimate of drug-likeness (QED) is 0.233. The van der Waals surface area contributed by atoms with Gasteiger partial charge in [-0.2, -0.15) is 0 Å². The van der Waals surface area contributed by atoms with Crippen molar-refractivity contribution in [3.05, 3.63) is 35.2 Å². The number of esters is 1. The molecule has 162 valence electrons. The number of aliphatic hydroxyl groups is 1. The number of aromatic amines is 1. The molecule has 2 rings (SSSR count). The summed E-state index contributed by atoms with van der Waals surface area (Å²) in [5.74, 6) is -1.45. The Morgan fingerprint density at radius 3 is 2.50 bits per heavy atom. The van der Waals surface area contributed by atoms with E-state index in [2.05, 4.69) is 10.3 Å². The molecule has 0 aliphatic carbocycles. The third-order valence-electron chi connectivity index (χ3n) is 4.40. The molecule has 0 saturated heterocycles. The average Bonchev–Trinajstić information content (AvgIpc) is 3.09. The van der Waals surface area contributed by atoms with Gasteiger partial charge in [0.1, 0.15) is 17.2 Å². The van der Waals surface area contributed by atoms with Gasteiger partial charge in [-0.3, -0.25) is 9.59 Å². The molecule has 30 heavy (non-hydrogen) atoms. The Balaban J connectivity index is 2.65. The van der Waals surface area contributed by atoms with E-state index in [4.69, 9.17) is 19.3 Å². The van der Waals surface area contributed by atoms with Gasteiger partial charge in [0, 0.05) is 36.0 Å². The maximum atomic E-state index is 12.9. The van der Waals surface area contributed by atoms with Crippen LogP contribution in [0.15, 0.2) is 18.2 Å². The van der Waals surface area contributed by atoms with E-state index >= 15 is 0 Å². The van der Waals surface area contributed by atoms with E-state index in [0.29, 0.717) is 29.2 Å². The monoisotopic (exact) mass is 418 g/mol. The maximum Gasteiger partial charge on any atom is 0.340 e. The van der Waals surface area contributed by atoms with E-state index in [1.807, 2.05) is 0 Å². The summed E-state index contributed by atoms with van der Waals surface area (Å²) >= 11 is 0. The molecule has 0 atom stereocenters. The molecule has 9 nitrogen and oxygen atoms in total. The Labute approximate surface area is 174 Å². The number of amides is 1. The first-order chi connectivity index (χ1) is 14.4. The largest absolute Gasteiger partial charge is 0.497 e. The number of methoxy groups -OCH3 is 2. The lowest BCUT2D eigenvalue weighted by molar-refractivity contribution is -0.117. The average molecular weight is 418 g/mol. The van der Waals surface area contributed by atoms with Crippen LogP contribution in [-0.2, 0) is 9.53 Å². The first-order valence-electron chi connectivity index (χ1n) is 9.44. The lowest BCUT2D eigenvalue weighted by Crippen LogP contribution is -2.32. The number of ether oxygens (including phenoxy) is 3. The van der Waals surface area contributed by atoms with Crippen molar-refractivity contribution >= 4 is 17.7 Å². The standard InChI is InChI=1S/C21H26N2O7/c1-5-30-21(27)16-12(2)23-18(19(25)20(26)22-9-6-10-24)17(16)14-8-7-13(28-3)11-15(14)29-4/h7-8,11,23-24H,5-6,9-10H2,1-4H3,(H,22,26). The number of ketones is 1. The minimum Gasteiger partial charge on any atom is -0.497 e. The predicted molar refractivity (Wildman–Crippen MR) is 109 cm³/mol. The normalized spacial score (nSPS) is 10.4. The number of aliphatic hydroxyl groups excluding tert-OH is 1. The number of aryl methyl sites for hydroxylation is 1. The summed E-state index contributed by atoms with van der Waals surface area (Å²) in [6.45, 7) is 3.47. The number of carbonyl (C=O) groups is 3. The van der Waals surface area contributed by atoms with Crippen LogP contribution in [0.4, 0.5) is 0 Å². The summed E-state index contributed by atoms with van der Waals surface area (Å²) in [5.41, 5.74) is 1.12. The molecule has 3 N–H and O–H groups in total. The van der Waals surface area contributed by atoms with Crippen molar-refractivity contribution in [3.63, 3.8) is 0 Å². The van der Waals surface area contributed by atoms with Crippen molar-refractivity contribution < 1.29 is 33.7 Å². The van der Waals surface area contributed by atoms with Gasteiger partial charge in [0.15, 0.2) is 0 Å². The molecule has 0 saturated carbocycles. The molecule has 1 aromatic carbocycles. The van der Waals surface area contributed by atoms with Crippen molar-refractivity contribution in [2.75, 3.05) is 34.0 Å². The summed E-state index contributed by atoms with van der Waals surface area (Å²) in [7, 11) is 2.95. The van der Waals surface area contributed by atoms with Crippen LogP contribution in [0.25, 0.3) is 11.1 Å². The highest BCUT2D eigenvalue weighted by Crippen LogP contribution is 2.39. The summed E-state index contributed by atoms with van der Waals surface area (Å²) in [6, 6.07) is 4.91. The van der Waals surface area contributed by atoms with E-state index in [1.54, 1.807) is 32.0 Å². The van der Waals surface area contributed by atoms with Gasteiger partial charge in [-0.1, -0.05) is 0 Å². The van der Waals surface area contributed by atoms with Crippen molar-refractivity contribution in [2.45, 2.75) is 20.3 Å². The lowest BCUT2D eigenvalue weighted by Gasteiger charge is -2.13. The number of Topliss-reactive ketones (excluding diaryl/α,β-unsaturated/α-hetero) is 1. The highest BCUT2D eigenvalue weighted by atomic mass is 16.5. The Bertz CT molecular complexity index is 934. The molecule has 1 heterocycles. The second kappa shape index (κ2) is 10.4. The molecule has 0 fully saturated rings. The van der Waals surface area contributed by atoms with Crippen LogP contribution in [0, 0.1) is 6.92 Å². The minimum atomic E-state index is -0.853. The third-order valence-corrected chi connectivity index (χ3v) is 4.40. The number of aromatic nitrogens is 1. The van der Waals surface area contributed by atoms with Gasteiger partial charge in [-0.15, -0.1) is 0 Å². The molecule has 0 aliphatic heterocycles. The fraction of sp³-hybridized carbons (Fsp3) is 0.381. The highest BCUT2D eigenvalue weighted by molar-refractivity contribution is 6.44. The second-order valence-corrected chi connectivity index (χ2v) is 6.32. The van der Waals surface area contributed by atoms with Crippen LogP contribution in [0.2, 0.25) is 0 Å². The molecular weight excluding hydrogens is 392 g/mol. The second-order valence-electron chi connectivity index (χ2n) is 6.32. The van der Waals surface area contributed by atoms with Crippen LogP contribution < -0.4 is 14.8 Å². The van der Waals surface area contributed by atoms with E-state index in [-0.39, 0.29) is 36.6 Å². The Morgan fingerprint density at radius 2 is 1.90 bits per heavy atom. The first-order valence-corrected chi connectivity index (χ1v) is 9.44. The van der Waals surface area contributed by atoms with Gasteiger partial charge in [0.2, 0.25) is 0 Å². The highest BCUT2D eigenvalue weighted by Gasteiger charge is 2.31. The molecule has 1 aromatic heterocycles. The Kier molecular flexibility index (Phi) is 7.99. The SMILES string of the molecule is CCOC(=O)c1c(C)[nH]c(C(=O)C(=O)NCCCO)c1-c1ccc(OC)cc1OC. The predicted octanol–water partition coefficient (Wildman–Crippen LogP) is 1.87. The minimum absolute atomic E-state index is 0.0551. The Morgan fingerprint density at radius 1 is 1.17 bits per heavy atom. The first kappa shape index (κ1) is 23.0. The Hall–Kier alpha value is -3.33. The lowest BCUT2D eigenvalue weighted by atomic mass is 9.97. The number of hydrogen-bond acceptors (Lipinski definition) is 7. The van der Waals surface area contributed by atoms with Gasteiger partial charge in [0.25, 0.3) is 11.7 Å². The van der Waals surface area contributed by atoms with Gasteiger partial charge in [-0.25, -0.2) is 4.79 Å². The summed E-state index contributed by atoms with van der Waals surface area (Å²) < 4.78 is 15.8. The van der Waals surface area contributed by atoms with Crippen LogP contribution in [0.3, 0.4) is 0 Å². The van der Waals surface area contributed by atoms with Crippen molar-refractivity contribution in [3.8, 4) is 22.6 Å². The molecule has 9 heteroatoms. The zero-order chi connectivity index (χ0) is 22.3. The fourth-order valence-electron chi connectivity index (χ4n) is 3.00. The number of carbonyl (C=O) groups excluding carboxylic acids is 3. The molecule has 0 spiro atoms. The zero-order valence-corrected chi connectivity index (χ0v) is 17.5. The van der Waals surface area contributed by atoms with Gasteiger partial charge < -0.3 is 29.6 Å². The van der Waals surface area contributed by atoms with Crippen molar-refractivity contribution in [1.29, 1.82) is 0 Å². The molecule has 0 unspecified atom stereocenters. The van der Waals surface area contributed by atoms with Gasteiger partial charge in [-0.05, 0) is 32.4 Å². The van der Waals surface area contributed by atoms with E-state index in [9.17, 15) is 14.4 Å². The van der Waals surface area contributed by atoms with E-state index in [0.717, 1.165) is 0 Å². The van der Waals surface area contributed by atoms with E-state index in [1.165, 1.54) is 14.2 Å². The molecule has 0 aliphatic rings. The van der Waals surface area contributed by atoms with E-state index < -0.39 is 17.7 Å². The summed E-state index contributed by atoms with van der Waals surface area (Å²) in [6.07, 6.45) is 0.315. The van der Waals surface area contributed by atoms with Crippen LogP contribution in [0.5, 0.6) is 11.5 Å². The van der Waals surface area contributed by atoms with Crippen molar-refractivity contribution in [2.24, 2.45) is 0 Å². The fourth-order valence-corrected chi connectivity index (χ4v) is 3.00. The molecule has 1 amide bonds. The number of hydrogen-bond donors (Lipinski definition) is 3. The van der Waals surface area contributed by atoms with Crippen LogP contribution >= 0.6 is 0 Å². The van der Waals surface area contributed by atoms with Crippen molar-refractivity contribution in [1.82, 2.24) is 10.3 Å². The number of rotatable bonds is 10. The molecule has 0 radical (unpaired) electrons. The number of benzene rings is 1. The van der Waals surface area contributed by atoms with Crippen LogP contribution in [0.1, 0.15) is 39.9 Å². The summed E-state index contributed by atoms with van der Waals surface area (Å²) in [5, 5.41) is 11.3. The topological polar surface area (TPSA) is 127 Å².